The molecule has 0 saturated carbocycles. The number of carboxylic acids is 2. The number of hydrogen-bond donors (Lipinski definition) is 8. The van der Waals surface area contributed by atoms with Crippen molar-refractivity contribution < 1.29 is 34.2 Å². The van der Waals surface area contributed by atoms with Crippen molar-refractivity contribution in [3.63, 3.8) is 0 Å². The highest BCUT2D eigenvalue weighted by Crippen LogP contribution is 2.02. The Morgan fingerprint density at radius 3 is 2.18 bits per heavy atom. The van der Waals surface area contributed by atoms with Crippen molar-refractivity contribution in [2.24, 2.45) is 22.2 Å². The highest BCUT2D eigenvalue weighted by molar-refractivity contribution is 7.99. The number of nitrogens with one attached hydrogen (secondary N) is 3. The zero-order chi connectivity index (χ0) is 25.8. The molecule has 0 aromatic carbocycles. The number of carbonyl (C=O) groups excluding carboxylic acids is 3. The van der Waals surface area contributed by atoms with Crippen LogP contribution in [0.1, 0.15) is 19.8 Å². The van der Waals surface area contributed by atoms with Gasteiger partial charge in [0, 0.05) is 19.2 Å². The average Bonchev–Trinajstić information content (AvgIpc) is 2.72. The normalized spacial score (nSPS) is 11.3. The molecule has 0 aliphatic heterocycles. The number of hydrogen-bond acceptors (Lipinski definition) is 8. The molecule has 2 atom stereocenters. The third-order valence-corrected chi connectivity index (χ3v) is 4.22. The molecule has 0 rings (SSSR count). The molecule has 0 saturated heterocycles. The molecule has 186 valence electrons. The first-order valence-corrected chi connectivity index (χ1v) is 10.6. The smallest absolute Gasteiger partial charge is 0.327 e. The first kappa shape index (κ1) is 31.7. The predicted molar refractivity (Wildman–Crippen MR) is 123 cm³/mol. The van der Waals surface area contributed by atoms with Crippen LogP contribution in [0.5, 0.6) is 0 Å². The fourth-order valence-corrected chi connectivity index (χ4v) is 2.54. The number of nitrogens with zero attached hydrogens (tertiary/aromatic N) is 1. The van der Waals surface area contributed by atoms with Crippen LogP contribution in [0.3, 0.4) is 0 Å². The number of carbonyl (C=O) groups is 5. The summed E-state index contributed by atoms with van der Waals surface area (Å²) in [5.41, 5.74) is 16.0. The Morgan fingerprint density at radius 1 is 1.09 bits per heavy atom. The second-order valence-corrected chi connectivity index (χ2v) is 7.28. The summed E-state index contributed by atoms with van der Waals surface area (Å²) in [4.78, 5) is 59.1. The van der Waals surface area contributed by atoms with E-state index in [1.165, 1.54) is 11.8 Å². The lowest BCUT2D eigenvalue weighted by atomic mass is 10.1. The van der Waals surface area contributed by atoms with E-state index >= 15 is 0 Å². The molecule has 0 aliphatic carbocycles. The quantitative estimate of drug-likeness (QED) is 0.0517. The maximum absolute atomic E-state index is 11.8. The van der Waals surface area contributed by atoms with Crippen LogP contribution in [-0.2, 0) is 24.0 Å². The molecular weight excluding hydrogens is 458 g/mol. The molecule has 0 bridgehead atoms. The number of amides is 3. The Kier molecular flexibility index (Phi) is 18.4. The first-order valence-electron chi connectivity index (χ1n) is 9.48. The summed E-state index contributed by atoms with van der Waals surface area (Å²) < 4.78 is 0. The summed E-state index contributed by atoms with van der Waals surface area (Å²) in [6.45, 7) is 0.592. The number of carboxylic acid groups (broad SMARTS) is 2. The van der Waals surface area contributed by atoms with Gasteiger partial charge < -0.3 is 43.4 Å². The zero-order valence-electron chi connectivity index (χ0n) is 18.2. The van der Waals surface area contributed by atoms with Crippen LogP contribution in [0.15, 0.2) is 4.99 Å². The minimum absolute atomic E-state index is 0.0512. The zero-order valence-corrected chi connectivity index (χ0v) is 19.0. The Bertz CT molecular complexity index is 732. The lowest BCUT2D eigenvalue weighted by Gasteiger charge is -2.14. The van der Waals surface area contributed by atoms with Gasteiger partial charge in [-0.1, -0.05) is 5.92 Å². The number of thioether (sulfide) groups is 1. The molecule has 14 nitrogen and oxygen atoms in total. The fourth-order valence-electron chi connectivity index (χ4n) is 1.85. The van der Waals surface area contributed by atoms with E-state index in [0.717, 1.165) is 6.92 Å². The second kappa shape index (κ2) is 19.2. The van der Waals surface area contributed by atoms with Crippen LogP contribution in [0.2, 0.25) is 0 Å². The van der Waals surface area contributed by atoms with E-state index in [9.17, 15) is 19.2 Å². The van der Waals surface area contributed by atoms with Crippen molar-refractivity contribution >= 4 is 47.4 Å². The molecular formula is C18H31N7O7S. The van der Waals surface area contributed by atoms with Crippen molar-refractivity contribution in [1.82, 2.24) is 16.0 Å². The highest BCUT2D eigenvalue weighted by atomic mass is 32.2. The van der Waals surface area contributed by atoms with E-state index < -0.39 is 48.3 Å². The number of rotatable bonds is 14. The first-order chi connectivity index (χ1) is 15.4. The molecule has 33 heavy (non-hydrogen) atoms. The summed E-state index contributed by atoms with van der Waals surface area (Å²) >= 11 is 1.18. The Hall–Kier alpha value is -3.51. The van der Waals surface area contributed by atoms with Crippen molar-refractivity contribution in [2.45, 2.75) is 31.8 Å². The average molecular weight is 490 g/mol. The minimum atomic E-state index is -1.21. The van der Waals surface area contributed by atoms with Gasteiger partial charge in [0.15, 0.2) is 5.96 Å². The molecule has 0 spiro atoms. The molecule has 0 heterocycles. The monoisotopic (exact) mass is 489 g/mol. The molecule has 0 radical (unpaired) electrons. The van der Waals surface area contributed by atoms with E-state index in [-0.39, 0.29) is 18.3 Å². The largest absolute Gasteiger partial charge is 0.481 e. The molecule has 11 N–H and O–H groups in total. The van der Waals surface area contributed by atoms with Gasteiger partial charge in [0.25, 0.3) is 5.97 Å². The van der Waals surface area contributed by atoms with E-state index in [2.05, 4.69) is 26.9 Å². The number of guanidine groups is 1. The standard InChI is InChI=1S/C16H27N7O5S.C2H4O2/c1-2-6-29-9-11(15(27)28)23-13(25)8-21-12(24)7-22-14(26)10(17)4-3-5-20-16(18)19;1-2(3)4/h1,10-11H,3-9,17H2,(H,21,24)(H,22,26)(H,23,25)(H,27,28)(H4,18,19,20);1H3,(H,3,4)/t10-,11-;/m0./s1. The Morgan fingerprint density at radius 2 is 1.67 bits per heavy atom. The SMILES string of the molecule is C#CCSC[C@H](NC(=O)CNC(=O)CNC(=O)[C@@H](N)CCCN=C(N)N)C(=O)O.CC(=O)O. The van der Waals surface area contributed by atoms with E-state index in [0.29, 0.717) is 25.1 Å². The fraction of sp³-hybridized carbons (Fsp3) is 0.556. The van der Waals surface area contributed by atoms with Gasteiger partial charge in [0.05, 0.1) is 24.9 Å². The Labute approximate surface area is 195 Å². The molecule has 0 aliphatic rings. The van der Waals surface area contributed by atoms with Crippen LogP contribution in [-0.4, -0.2) is 89.1 Å². The van der Waals surface area contributed by atoms with Crippen LogP contribution < -0.4 is 33.2 Å². The summed E-state index contributed by atoms with van der Waals surface area (Å²) in [6.07, 6.45) is 5.89. The van der Waals surface area contributed by atoms with Gasteiger partial charge in [-0.2, -0.15) is 0 Å². The maximum Gasteiger partial charge on any atom is 0.327 e. The van der Waals surface area contributed by atoms with Gasteiger partial charge in [-0.15, -0.1) is 18.2 Å². The molecule has 15 heteroatoms. The van der Waals surface area contributed by atoms with Gasteiger partial charge in [-0.25, -0.2) is 4.79 Å². The van der Waals surface area contributed by atoms with E-state index in [1.807, 2.05) is 0 Å². The van der Waals surface area contributed by atoms with Gasteiger partial charge in [-0.3, -0.25) is 24.2 Å². The molecule has 0 aromatic rings. The number of nitrogens with two attached hydrogens (primary N) is 3. The van der Waals surface area contributed by atoms with Crippen LogP contribution in [0, 0.1) is 12.3 Å². The summed E-state index contributed by atoms with van der Waals surface area (Å²) in [7, 11) is 0. The van der Waals surface area contributed by atoms with Gasteiger partial charge in [0.2, 0.25) is 17.7 Å². The van der Waals surface area contributed by atoms with Crippen molar-refractivity contribution in [3.05, 3.63) is 0 Å². The van der Waals surface area contributed by atoms with Gasteiger partial charge in [0.1, 0.15) is 6.04 Å². The van der Waals surface area contributed by atoms with Gasteiger partial charge >= 0.3 is 5.97 Å². The predicted octanol–water partition coefficient (Wildman–Crippen LogP) is -3.37. The van der Waals surface area contributed by atoms with Crippen molar-refractivity contribution in [3.8, 4) is 12.3 Å². The third-order valence-electron chi connectivity index (χ3n) is 3.28. The van der Waals surface area contributed by atoms with Crippen LogP contribution in [0.4, 0.5) is 0 Å². The van der Waals surface area contributed by atoms with Crippen LogP contribution in [0.25, 0.3) is 0 Å². The highest BCUT2D eigenvalue weighted by Gasteiger charge is 2.20. The molecule has 0 fully saturated rings. The topological polar surface area (TPSA) is 252 Å². The van der Waals surface area contributed by atoms with Crippen molar-refractivity contribution in [2.75, 3.05) is 31.1 Å². The van der Waals surface area contributed by atoms with E-state index in [1.54, 1.807) is 0 Å². The van der Waals surface area contributed by atoms with Crippen LogP contribution >= 0.6 is 11.8 Å². The third kappa shape index (κ3) is 21.5. The molecule has 0 unspecified atom stereocenters. The minimum Gasteiger partial charge on any atom is -0.481 e. The molecule has 0 aromatic heterocycles. The lowest BCUT2D eigenvalue weighted by Crippen LogP contribution is -2.49. The van der Waals surface area contributed by atoms with E-state index in [4.69, 9.17) is 38.6 Å². The van der Waals surface area contributed by atoms with Gasteiger partial charge in [-0.05, 0) is 12.8 Å². The summed E-state index contributed by atoms with van der Waals surface area (Å²) in [5.74, 6) is -1.20. The maximum atomic E-state index is 11.8. The number of aliphatic carboxylic acids is 2. The second-order valence-electron chi connectivity index (χ2n) is 6.25. The summed E-state index contributed by atoms with van der Waals surface area (Å²) in [6, 6.07) is -1.97. The number of aliphatic imine (C=N–C) groups is 1. The summed E-state index contributed by atoms with van der Waals surface area (Å²) in [5, 5.41) is 23.4. The van der Waals surface area contributed by atoms with Crippen molar-refractivity contribution in [1.29, 1.82) is 0 Å². The Balaban J connectivity index is 0. The number of terminal acetylenes is 1. The molecule has 3 amide bonds. The lowest BCUT2D eigenvalue weighted by molar-refractivity contribution is -0.141.